The standard InChI is InChI=1S/C14H18N2O/c1-2-14(10-6-7-11-15)16-17-12-13-8-4-3-5-9-13/h3-5,8-9H,2,6-7,10,12H2,1H3. The molecule has 0 unspecified atom stereocenters. The zero-order valence-corrected chi connectivity index (χ0v) is 10.2. The Hall–Kier alpha value is -1.82. The average molecular weight is 230 g/mol. The summed E-state index contributed by atoms with van der Waals surface area (Å²) < 4.78 is 0. The molecule has 0 bridgehead atoms. The van der Waals surface area contributed by atoms with Gasteiger partial charge in [-0.2, -0.15) is 5.26 Å². The molecule has 0 aliphatic heterocycles. The zero-order valence-electron chi connectivity index (χ0n) is 10.2. The average Bonchev–Trinajstić information content (AvgIpc) is 2.38. The predicted octanol–water partition coefficient (Wildman–Crippen LogP) is 3.66. The summed E-state index contributed by atoms with van der Waals surface area (Å²) in [7, 11) is 0. The van der Waals surface area contributed by atoms with Gasteiger partial charge in [0.25, 0.3) is 0 Å². The maximum absolute atomic E-state index is 8.46. The summed E-state index contributed by atoms with van der Waals surface area (Å²) in [5.41, 5.74) is 2.14. The summed E-state index contributed by atoms with van der Waals surface area (Å²) in [6.07, 6.45) is 3.16. The van der Waals surface area contributed by atoms with Crippen LogP contribution in [-0.2, 0) is 11.4 Å². The van der Waals surface area contributed by atoms with Crippen LogP contribution < -0.4 is 0 Å². The van der Waals surface area contributed by atoms with Gasteiger partial charge < -0.3 is 4.84 Å². The van der Waals surface area contributed by atoms with E-state index >= 15 is 0 Å². The summed E-state index contributed by atoms with van der Waals surface area (Å²) in [6.45, 7) is 2.56. The number of unbranched alkanes of at least 4 members (excludes halogenated alkanes) is 1. The van der Waals surface area contributed by atoms with E-state index in [1.807, 2.05) is 30.3 Å². The molecular formula is C14H18N2O. The Balaban J connectivity index is 2.32. The van der Waals surface area contributed by atoms with Gasteiger partial charge in [0.1, 0.15) is 6.61 Å². The van der Waals surface area contributed by atoms with Gasteiger partial charge in [-0.25, -0.2) is 0 Å². The van der Waals surface area contributed by atoms with E-state index in [1.54, 1.807) is 0 Å². The van der Waals surface area contributed by atoms with Crippen LogP contribution in [0.1, 0.15) is 38.2 Å². The fraction of sp³-hybridized carbons (Fsp3) is 0.429. The smallest absolute Gasteiger partial charge is 0.142 e. The first-order valence-electron chi connectivity index (χ1n) is 5.95. The topological polar surface area (TPSA) is 45.4 Å². The molecule has 0 aliphatic rings. The summed E-state index contributed by atoms with van der Waals surface area (Å²) in [5.74, 6) is 0. The van der Waals surface area contributed by atoms with Crippen LogP contribution in [0.2, 0.25) is 0 Å². The van der Waals surface area contributed by atoms with Gasteiger partial charge in [-0.1, -0.05) is 42.4 Å². The highest BCUT2D eigenvalue weighted by Gasteiger charge is 1.98. The monoisotopic (exact) mass is 230 g/mol. The van der Waals surface area contributed by atoms with E-state index in [9.17, 15) is 0 Å². The molecule has 17 heavy (non-hydrogen) atoms. The van der Waals surface area contributed by atoms with Crippen LogP contribution in [0.15, 0.2) is 35.5 Å². The lowest BCUT2D eigenvalue weighted by Crippen LogP contribution is -1.98. The maximum Gasteiger partial charge on any atom is 0.142 e. The van der Waals surface area contributed by atoms with Crippen molar-refractivity contribution in [3.63, 3.8) is 0 Å². The number of hydrogen-bond donors (Lipinski definition) is 0. The summed E-state index contributed by atoms with van der Waals surface area (Å²) in [6, 6.07) is 12.1. The Morgan fingerprint density at radius 3 is 2.76 bits per heavy atom. The molecule has 0 aromatic heterocycles. The molecule has 1 aromatic carbocycles. The lowest BCUT2D eigenvalue weighted by Gasteiger charge is -2.03. The number of hydrogen-bond acceptors (Lipinski definition) is 3. The van der Waals surface area contributed by atoms with E-state index in [4.69, 9.17) is 10.1 Å². The molecule has 0 amide bonds. The molecule has 0 atom stereocenters. The van der Waals surface area contributed by atoms with E-state index in [-0.39, 0.29) is 0 Å². The van der Waals surface area contributed by atoms with Crippen LogP contribution in [0.5, 0.6) is 0 Å². The maximum atomic E-state index is 8.46. The van der Waals surface area contributed by atoms with Gasteiger partial charge in [-0.05, 0) is 24.8 Å². The molecule has 3 nitrogen and oxygen atoms in total. The number of rotatable bonds is 7. The molecule has 0 aliphatic carbocycles. The highest BCUT2D eigenvalue weighted by Crippen LogP contribution is 2.04. The van der Waals surface area contributed by atoms with E-state index in [0.29, 0.717) is 13.0 Å². The molecule has 0 saturated carbocycles. The minimum Gasteiger partial charge on any atom is -0.391 e. The van der Waals surface area contributed by atoms with Crippen LogP contribution in [0.4, 0.5) is 0 Å². The molecule has 0 N–H and O–H groups in total. The van der Waals surface area contributed by atoms with E-state index in [2.05, 4.69) is 18.1 Å². The molecular weight excluding hydrogens is 212 g/mol. The van der Waals surface area contributed by atoms with Crippen molar-refractivity contribution < 1.29 is 4.84 Å². The minimum atomic E-state index is 0.503. The number of nitriles is 1. The van der Waals surface area contributed by atoms with Crippen molar-refractivity contribution in [2.75, 3.05) is 0 Å². The van der Waals surface area contributed by atoms with Crippen LogP contribution in [0, 0.1) is 11.3 Å². The first-order valence-corrected chi connectivity index (χ1v) is 5.95. The molecule has 3 heteroatoms. The van der Waals surface area contributed by atoms with Crippen molar-refractivity contribution in [3.05, 3.63) is 35.9 Å². The van der Waals surface area contributed by atoms with E-state index in [1.165, 1.54) is 0 Å². The molecule has 0 radical (unpaired) electrons. The molecule has 90 valence electrons. The predicted molar refractivity (Wildman–Crippen MR) is 68.4 cm³/mol. The second kappa shape index (κ2) is 8.35. The Morgan fingerprint density at radius 1 is 1.35 bits per heavy atom. The molecule has 0 heterocycles. The lowest BCUT2D eigenvalue weighted by molar-refractivity contribution is 0.129. The van der Waals surface area contributed by atoms with Gasteiger partial charge >= 0.3 is 0 Å². The van der Waals surface area contributed by atoms with Crippen molar-refractivity contribution in [3.8, 4) is 6.07 Å². The molecule has 0 spiro atoms. The summed E-state index contributed by atoms with van der Waals surface area (Å²) in [5, 5.41) is 12.6. The van der Waals surface area contributed by atoms with Gasteiger partial charge in [0, 0.05) is 6.42 Å². The highest BCUT2D eigenvalue weighted by molar-refractivity contribution is 5.83. The lowest BCUT2D eigenvalue weighted by atomic mass is 10.1. The van der Waals surface area contributed by atoms with Gasteiger partial charge in [0.15, 0.2) is 0 Å². The first-order chi connectivity index (χ1) is 8.36. The van der Waals surface area contributed by atoms with Gasteiger partial charge in [-0.15, -0.1) is 0 Å². The van der Waals surface area contributed by atoms with Crippen molar-refractivity contribution in [2.24, 2.45) is 5.16 Å². The Morgan fingerprint density at radius 2 is 2.12 bits per heavy atom. The van der Waals surface area contributed by atoms with Gasteiger partial charge in [0.05, 0.1) is 11.8 Å². The molecule has 1 rings (SSSR count). The highest BCUT2D eigenvalue weighted by atomic mass is 16.6. The van der Waals surface area contributed by atoms with Crippen LogP contribution in [-0.4, -0.2) is 5.71 Å². The minimum absolute atomic E-state index is 0.503. The molecule has 1 aromatic rings. The normalized spacial score (nSPS) is 10.9. The Kier molecular flexibility index (Phi) is 6.50. The fourth-order valence-corrected chi connectivity index (χ4v) is 1.43. The number of benzene rings is 1. The van der Waals surface area contributed by atoms with Gasteiger partial charge in [0.2, 0.25) is 0 Å². The van der Waals surface area contributed by atoms with Crippen molar-refractivity contribution >= 4 is 5.71 Å². The van der Waals surface area contributed by atoms with Crippen molar-refractivity contribution in [2.45, 2.75) is 39.2 Å². The third-order valence-electron chi connectivity index (χ3n) is 2.43. The Bertz CT molecular complexity index is 379. The van der Waals surface area contributed by atoms with Crippen LogP contribution >= 0.6 is 0 Å². The van der Waals surface area contributed by atoms with E-state index in [0.717, 1.165) is 30.5 Å². The second-order valence-electron chi connectivity index (χ2n) is 3.78. The van der Waals surface area contributed by atoms with Crippen molar-refractivity contribution in [1.29, 1.82) is 5.26 Å². The SMILES string of the molecule is CCC(CCCC#N)=NOCc1ccccc1. The third-order valence-corrected chi connectivity index (χ3v) is 2.43. The first kappa shape index (κ1) is 13.2. The van der Waals surface area contributed by atoms with Gasteiger partial charge in [-0.3, -0.25) is 0 Å². The zero-order chi connectivity index (χ0) is 12.3. The quantitative estimate of drug-likeness (QED) is 0.407. The largest absolute Gasteiger partial charge is 0.391 e. The number of oxime groups is 1. The van der Waals surface area contributed by atoms with Crippen LogP contribution in [0.3, 0.4) is 0 Å². The van der Waals surface area contributed by atoms with Crippen LogP contribution in [0.25, 0.3) is 0 Å². The molecule has 0 fully saturated rings. The third kappa shape index (κ3) is 5.72. The summed E-state index contributed by atoms with van der Waals surface area (Å²) >= 11 is 0. The molecule has 0 saturated heterocycles. The fourth-order valence-electron chi connectivity index (χ4n) is 1.43. The number of nitrogens with zero attached hydrogens (tertiary/aromatic N) is 2. The Labute approximate surface area is 103 Å². The van der Waals surface area contributed by atoms with Crippen molar-refractivity contribution in [1.82, 2.24) is 0 Å². The summed E-state index contributed by atoms with van der Waals surface area (Å²) in [4.78, 5) is 5.31. The van der Waals surface area contributed by atoms with E-state index < -0.39 is 0 Å². The second-order valence-corrected chi connectivity index (χ2v) is 3.78.